The highest BCUT2D eigenvalue weighted by Crippen LogP contribution is 2.27. The van der Waals surface area contributed by atoms with E-state index in [1.807, 2.05) is 26.1 Å². The van der Waals surface area contributed by atoms with Crippen LogP contribution in [0, 0.1) is 0 Å². The molecule has 2 N–H and O–H groups in total. The van der Waals surface area contributed by atoms with Crippen molar-refractivity contribution in [3.8, 4) is 0 Å². The highest BCUT2D eigenvalue weighted by molar-refractivity contribution is 9.10. The molecule has 1 aromatic heterocycles. The van der Waals surface area contributed by atoms with Gasteiger partial charge < -0.3 is 15.1 Å². The van der Waals surface area contributed by atoms with Crippen molar-refractivity contribution in [3.05, 3.63) is 33.6 Å². The van der Waals surface area contributed by atoms with Gasteiger partial charge in [-0.2, -0.15) is 0 Å². The van der Waals surface area contributed by atoms with Gasteiger partial charge in [0.1, 0.15) is 0 Å². The van der Waals surface area contributed by atoms with E-state index in [4.69, 9.17) is 16.0 Å². The first-order valence-electron chi connectivity index (χ1n) is 5.33. The fraction of sp³-hybridized carbons (Fsp3) is 0.273. The second kappa shape index (κ2) is 5.69. The van der Waals surface area contributed by atoms with Crippen LogP contribution >= 0.6 is 27.5 Å². The molecule has 0 aliphatic heterocycles. The first kappa shape index (κ1) is 13.3. The number of hydrogen-bond donors (Lipinski definition) is 2. The summed E-state index contributed by atoms with van der Waals surface area (Å²) in [6.07, 6.45) is 0. The van der Waals surface area contributed by atoms with Gasteiger partial charge >= 0.3 is 6.01 Å². The van der Waals surface area contributed by atoms with Crippen LogP contribution in [0.2, 0.25) is 5.02 Å². The molecule has 0 bridgehead atoms. The zero-order chi connectivity index (χ0) is 13.1. The normalized spacial score (nSPS) is 12.4. The van der Waals surface area contributed by atoms with Gasteiger partial charge in [-0.15, -0.1) is 5.10 Å². The molecular weight excluding hydrogens is 320 g/mol. The van der Waals surface area contributed by atoms with E-state index in [0.29, 0.717) is 16.9 Å². The Hall–Kier alpha value is -1.11. The molecule has 0 aliphatic rings. The molecule has 0 amide bonds. The number of benzene rings is 1. The van der Waals surface area contributed by atoms with Gasteiger partial charge in [0.25, 0.3) is 0 Å². The van der Waals surface area contributed by atoms with E-state index in [-0.39, 0.29) is 6.04 Å². The van der Waals surface area contributed by atoms with E-state index in [0.717, 1.165) is 10.2 Å². The van der Waals surface area contributed by atoms with Gasteiger partial charge in [-0.05, 0) is 48.1 Å². The summed E-state index contributed by atoms with van der Waals surface area (Å²) in [4.78, 5) is 0. The highest BCUT2D eigenvalue weighted by atomic mass is 79.9. The van der Waals surface area contributed by atoms with Crippen LogP contribution in [0.15, 0.2) is 27.1 Å². The Kier molecular flexibility index (Phi) is 4.21. The molecule has 1 aromatic carbocycles. The fourth-order valence-electron chi connectivity index (χ4n) is 1.28. The summed E-state index contributed by atoms with van der Waals surface area (Å²) in [5, 5.41) is 14.5. The minimum Gasteiger partial charge on any atom is -0.406 e. The zero-order valence-corrected chi connectivity index (χ0v) is 12.2. The Labute approximate surface area is 118 Å². The number of rotatable bonds is 4. The summed E-state index contributed by atoms with van der Waals surface area (Å²) in [5.41, 5.74) is 0.788. The zero-order valence-electron chi connectivity index (χ0n) is 9.87. The molecule has 0 fully saturated rings. The lowest BCUT2D eigenvalue weighted by atomic mass is 10.3. The van der Waals surface area contributed by atoms with Crippen LogP contribution in [0.3, 0.4) is 0 Å². The molecule has 1 unspecified atom stereocenters. The van der Waals surface area contributed by atoms with Gasteiger partial charge in [0.2, 0.25) is 5.89 Å². The van der Waals surface area contributed by atoms with E-state index in [1.54, 1.807) is 6.07 Å². The third-order valence-corrected chi connectivity index (χ3v) is 3.65. The molecule has 18 heavy (non-hydrogen) atoms. The monoisotopic (exact) mass is 330 g/mol. The van der Waals surface area contributed by atoms with Crippen LogP contribution < -0.4 is 10.6 Å². The maximum absolute atomic E-state index is 5.99. The molecular formula is C11H12BrClN4O. The minimum atomic E-state index is 0.0153. The van der Waals surface area contributed by atoms with E-state index in [2.05, 4.69) is 36.8 Å². The summed E-state index contributed by atoms with van der Waals surface area (Å²) < 4.78 is 6.30. The summed E-state index contributed by atoms with van der Waals surface area (Å²) in [7, 11) is 1.83. The van der Waals surface area contributed by atoms with Crippen molar-refractivity contribution in [3.63, 3.8) is 0 Å². The smallest absolute Gasteiger partial charge is 0.320 e. The quantitative estimate of drug-likeness (QED) is 0.897. The van der Waals surface area contributed by atoms with Crippen LogP contribution in [0.5, 0.6) is 0 Å². The molecule has 96 valence electrons. The number of nitrogens with one attached hydrogen (secondary N) is 2. The molecule has 5 nitrogen and oxygen atoms in total. The molecule has 2 rings (SSSR count). The molecule has 0 spiro atoms. The average molecular weight is 332 g/mol. The Bertz CT molecular complexity index is 546. The van der Waals surface area contributed by atoms with Crippen molar-refractivity contribution in [1.82, 2.24) is 15.5 Å². The van der Waals surface area contributed by atoms with Crippen molar-refractivity contribution >= 4 is 39.2 Å². The Morgan fingerprint density at radius 3 is 2.83 bits per heavy atom. The Balaban J connectivity index is 2.13. The van der Waals surface area contributed by atoms with Crippen molar-refractivity contribution in [2.45, 2.75) is 13.0 Å². The standard InChI is InChI=1S/C11H12BrClN4O/c1-6(14-2)10-16-17-11(18-10)15-7-3-4-8(12)9(13)5-7/h3-6,14H,1-2H3,(H,15,17). The SMILES string of the molecule is CNC(C)c1nnc(Nc2ccc(Br)c(Cl)c2)o1. The maximum atomic E-state index is 5.99. The summed E-state index contributed by atoms with van der Waals surface area (Å²) in [6.45, 7) is 1.94. The molecule has 7 heteroatoms. The van der Waals surface area contributed by atoms with E-state index < -0.39 is 0 Å². The largest absolute Gasteiger partial charge is 0.406 e. The molecule has 2 aromatic rings. The fourth-order valence-corrected chi connectivity index (χ4v) is 1.71. The van der Waals surface area contributed by atoms with Crippen molar-refractivity contribution in [2.75, 3.05) is 12.4 Å². The third kappa shape index (κ3) is 3.01. The molecule has 0 radical (unpaired) electrons. The van der Waals surface area contributed by atoms with Crippen molar-refractivity contribution < 1.29 is 4.42 Å². The average Bonchev–Trinajstić information content (AvgIpc) is 2.81. The van der Waals surface area contributed by atoms with Gasteiger partial charge in [0.05, 0.1) is 11.1 Å². The lowest BCUT2D eigenvalue weighted by Gasteiger charge is -2.04. The molecule has 0 aliphatic carbocycles. The Morgan fingerprint density at radius 1 is 1.39 bits per heavy atom. The van der Waals surface area contributed by atoms with E-state index in [1.165, 1.54) is 0 Å². The molecule has 0 saturated heterocycles. The molecule has 0 saturated carbocycles. The number of halogens is 2. The second-order valence-electron chi connectivity index (χ2n) is 3.71. The van der Waals surface area contributed by atoms with Crippen LogP contribution in [0.1, 0.15) is 18.9 Å². The summed E-state index contributed by atoms with van der Waals surface area (Å²) in [5.74, 6) is 0.531. The number of aromatic nitrogens is 2. The Morgan fingerprint density at radius 2 is 2.17 bits per heavy atom. The first-order chi connectivity index (χ1) is 8.60. The predicted octanol–water partition coefficient (Wildman–Crippen LogP) is 3.51. The van der Waals surface area contributed by atoms with Gasteiger partial charge in [-0.3, -0.25) is 0 Å². The van der Waals surface area contributed by atoms with Crippen LogP contribution in [0.25, 0.3) is 0 Å². The second-order valence-corrected chi connectivity index (χ2v) is 4.97. The number of hydrogen-bond acceptors (Lipinski definition) is 5. The maximum Gasteiger partial charge on any atom is 0.320 e. The summed E-state index contributed by atoms with van der Waals surface area (Å²) in [6, 6.07) is 5.84. The molecule has 1 atom stereocenters. The summed E-state index contributed by atoms with van der Waals surface area (Å²) >= 11 is 9.32. The lowest BCUT2D eigenvalue weighted by molar-refractivity contribution is 0.443. The van der Waals surface area contributed by atoms with Gasteiger partial charge in [-0.1, -0.05) is 16.7 Å². The van der Waals surface area contributed by atoms with Gasteiger partial charge in [0, 0.05) is 10.2 Å². The third-order valence-electron chi connectivity index (χ3n) is 2.41. The van der Waals surface area contributed by atoms with Gasteiger partial charge in [0.15, 0.2) is 0 Å². The highest BCUT2D eigenvalue weighted by Gasteiger charge is 2.12. The number of nitrogens with zero attached hydrogens (tertiary/aromatic N) is 2. The van der Waals surface area contributed by atoms with Crippen molar-refractivity contribution in [1.29, 1.82) is 0 Å². The topological polar surface area (TPSA) is 63.0 Å². The van der Waals surface area contributed by atoms with Crippen molar-refractivity contribution in [2.24, 2.45) is 0 Å². The molecule has 1 heterocycles. The van der Waals surface area contributed by atoms with Crippen LogP contribution in [-0.2, 0) is 0 Å². The predicted molar refractivity (Wildman–Crippen MR) is 74.2 cm³/mol. The van der Waals surface area contributed by atoms with E-state index >= 15 is 0 Å². The van der Waals surface area contributed by atoms with Crippen LogP contribution in [0.4, 0.5) is 11.7 Å². The number of anilines is 2. The van der Waals surface area contributed by atoms with Gasteiger partial charge in [-0.25, -0.2) is 0 Å². The first-order valence-corrected chi connectivity index (χ1v) is 6.50. The van der Waals surface area contributed by atoms with Crippen LogP contribution in [-0.4, -0.2) is 17.2 Å². The van der Waals surface area contributed by atoms with E-state index in [9.17, 15) is 0 Å². The lowest BCUT2D eigenvalue weighted by Crippen LogP contribution is -2.12. The minimum absolute atomic E-state index is 0.0153.